The van der Waals surface area contributed by atoms with Crippen LogP contribution in [0.1, 0.15) is 46.0 Å². The van der Waals surface area contributed by atoms with Crippen molar-refractivity contribution >= 4 is 0 Å². The number of hydrogen-bond donors (Lipinski definition) is 2. The van der Waals surface area contributed by atoms with Gasteiger partial charge in [0.25, 0.3) is 0 Å². The van der Waals surface area contributed by atoms with E-state index in [1.807, 2.05) is 19.1 Å². The monoisotopic (exact) mass is 298 g/mol. The zero-order valence-electron chi connectivity index (χ0n) is 14.2. The van der Waals surface area contributed by atoms with Crippen molar-refractivity contribution in [3.63, 3.8) is 0 Å². The zero-order chi connectivity index (χ0) is 15.4. The van der Waals surface area contributed by atoms with Crippen molar-refractivity contribution < 1.29 is 29.6 Å². The molecule has 3 heteroatoms. The number of unbranched alkanes of at least 4 members (excludes halogenated alkanes) is 3. The predicted octanol–water partition coefficient (Wildman–Crippen LogP) is 1.28. The van der Waals surface area contributed by atoms with Crippen LogP contribution in [0, 0.1) is 6.92 Å². The van der Waals surface area contributed by atoms with E-state index in [4.69, 9.17) is 5.73 Å². The Bertz CT molecular complexity index is 343. The molecule has 0 aromatic carbocycles. The molecular formula is C18H31N2Na. The van der Waals surface area contributed by atoms with Gasteiger partial charge in [-0.2, -0.15) is 0 Å². The van der Waals surface area contributed by atoms with Crippen LogP contribution in [-0.2, 0) is 0 Å². The summed E-state index contributed by atoms with van der Waals surface area (Å²) in [6.45, 7) is 15.7. The van der Waals surface area contributed by atoms with Crippen LogP contribution in [0.25, 0.3) is 0 Å². The van der Waals surface area contributed by atoms with Gasteiger partial charge in [-0.1, -0.05) is 49.3 Å². The molecule has 0 aliphatic heterocycles. The van der Waals surface area contributed by atoms with E-state index in [9.17, 15) is 0 Å². The van der Waals surface area contributed by atoms with Crippen LogP contribution in [0.3, 0.4) is 0 Å². The summed E-state index contributed by atoms with van der Waals surface area (Å²) in [5.41, 5.74) is 7.56. The van der Waals surface area contributed by atoms with E-state index in [2.05, 4.69) is 44.5 Å². The quantitative estimate of drug-likeness (QED) is 0.198. The van der Waals surface area contributed by atoms with Gasteiger partial charge in [0.2, 0.25) is 0 Å². The summed E-state index contributed by atoms with van der Waals surface area (Å²) in [4.78, 5) is 0. The third-order valence-electron chi connectivity index (χ3n) is 3.03. The molecule has 3 N–H and O–H groups in total. The summed E-state index contributed by atoms with van der Waals surface area (Å²) in [6, 6.07) is 0.351. The van der Waals surface area contributed by atoms with Gasteiger partial charge in [0.05, 0.1) is 0 Å². The van der Waals surface area contributed by atoms with Gasteiger partial charge in [-0.05, 0) is 39.2 Å². The predicted molar refractivity (Wildman–Crippen MR) is 91.2 cm³/mol. The molecular weight excluding hydrogens is 267 g/mol. The van der Waals surface area contributed by atoms with Crippen molar-refractivity contribution in [2.75, 3.05) is 0 Å². The molecule has 0 fully saturated rings. The summed E-state index contributed by atoms with van der Waals surface area (Å²) in [5, 5.41) is 3.17. The van der Waals surface area contributed by atoms with E-state index >= 15 is 0 Å². The molecule has 0 aliphatic carbocycles. The Morgan fingerprint density at radius 3 is 2.48 bits per heavy atom. The van der Waals surface area contributed by atoms with Gasteiger partial charge in [-0.25, -0.2) is 0 Å². The van der Waals surface area contributed by atoms with E-state index in [0.29, 0.717) is 6.04 Å². The van der Waals surface area contributed by atoms with Crippen molar-refractivity contribution in [2.24, 2.45) is 5.73 Å². The molecule has 0 saturated carbocycles. The molecule has 0 amide bonds. The van der Waals surface area contributed by atoms with Crippen LogP contribution < -0.4 is 40.6 Å². The van der Waals surface area contributed by atoms with Crippen molar-refractivity contribution in [3.8, 4) is 0 Å². The SMILES string of the molecule is C=C(/C=C/C=C/CCCCCC(C)N)NC([CH2-])C(=C)C.[Na+]. The topological polar surface area (TPSA) is 38.0 Å². The largest absolute Gasteiger partial charge is 1.00 e. The second-order valence-electron chi connectivity index (χ2n) is 5.47. The smallest absolute Gasteiger partial charge is 0.409 e. The molecule has 21 heavy (non-hydrogen) atoms. The van der Waals surface area contributed by atoms with Crippen LogP contribution in [0.2, 0.25) is 0 Å². The van der Waals surface area contributed by atoms with Crippen LogP contribution in [0.5, 0.6) is 0 Å². The van der Waals surface area contributed by atoms with E-state index in [1.165, 1.54) is 19.3 Å². The number of nitrogens with two attached hydrogens (primary N) is 1. The Kier molecular flexibility index (Phi) is 16.0. The molecule has 0 bridgehead atoms. The minimum atomic E-state index is 0. The first-order chi connectivity index (χ1) is 9.43. The Morgan fingerprint density at radius 2 is 1.90 bits per heavy atom. The maximum absolute atomic E-state index is 5.71. The molecule has 2 unspecified atom stereocenters. The summed E-state index contributed by atoms with van der Waals surface area (Å²) in [7, 11) is 0. The third kappa shape index (κ3) is 15.9. The van der Waals surface area contributed by atoms with Gasteiger partial charge in [-0.3, -0.25) is 0 Å². The number of nitrogens with one attached hydrogen (secondary N) is 1. The Balaban J connectivity index is 0. The molecule has 0 spiro atoms. The van der Waals surface area contributed by atoms with Crippen molar-refractivity contribution in [1.29, 1.82) is 0 Å². The van der Waals surface area contributed by atoms with Gasteiger partial charge < -0.3 is 18.0 Å². The molecule has 0 heterocycles. The van der Waals surface area contributed by atoms with Crippen LogP contribution in [-0.4, -0.2) is 12.1 Å². The molecule has 2 nitrogen and oxygen atoms in total. The average molecular weight is 298 g/mol. The van der Waals surface area contributed by atoms with Gasteiger partial charge in [0.15, 0.2) is 0 Å². The fourth-order valence-electron chi connectivity index (χ4n) is 1.65. The minimum absolute atomic E-state index is 0. The summed E-state index contributed by atoms with van der Waals surface area (Å²) in [5.74, 6) is 0. The van der Waals surface area contributed by atoms with E-state index < -0.39 is 0 Å². The molecule has 114 valence electrons. The maximum atomic E-state index is 5.71. The van der Waals surface area contributed by atoms with Crippen LogP contribution >= 0.6 is 0 Å². The van der Waals surface area contributed by atoms with Crippen molar-refractivity contribution in [3.05, 3.63) is 55.7 Å². The first-order valence-electron chi connectivity index (χ1n) is 7.46. The average Bonchev–Trinajstić information content (AvgIpc) is 2.36. The summed E-state index contributed by atoms with van der Waals surface area (Å²) < 4.78 is 0. The van der Waals surface area contributed by atoms with Crippen LogP contribution in [0.4, 0.5) is 0 Å². The molecule has 0 aromatic rings. The molecule has 0 radical (unpaired) electrons. The first kappa shape index (κ1) is 23.0. The van der Waals surface area contributed by atoms with Gasteiger partial charge in [0, 0.05) is 11.7 Å². The molecule has 0 aromatic heterocycles. The standard InChI is InChI=1S/C18H31N2.Na/c1-15(2)18(5)20-17(4)14-12-10-8-6-7-9-11-13-16(3)19;/h8,10,12,14,16,18,20H,1,4-7,9,11,13,19H2,2-3H3;/q-1;+1/b10-8+,14-12+;. The third-order valence-corrected chi connectivity index (χ3v) is 3.03. The van der Waals surface area contributed by atoms with Gasteiger partial charge in [-0.15, -0.1) is 6.58 Å². The second kappa shape index (κ2) is 14.6. The fraction of sp³-hybridized carbons (Fsp3) is 0.500. The Morgan fingerprint density at radius 1 is 1.24 bits per heavy atom. The van der Waals surface area contributed by atoms with Gasteiger partial charge in [0.1, 0.15) is 0 Å². The molecule has 0 rings (SSSR count). The Hall–Kier alpha value is -0.280. The maximum Gasteiger partial charge on any atom is 1.00 e. The first-order valence-corrected chi connectivity index (χ1v) is 7.46. The van der Waals surface area contributed by atoms with E-state index in [0.717, 1.165) is 24.1 Å². The number of allylic oxidation sites excluding steroid dienone is 4. The second-order valence-corrected chi connectivity index (χ2v) is 5.47. The summed E-state index contributed by atoms with van der Waals surface area (Å²) in [6.07, 6.45) is 14.2. The number of hydrogen-bond acceptors (Lipinski definition) is 2. The molecule has 2 atom stereocenters. The number of rotatable bonds is 11. The van der Waals surface area contributed by atoms with E-state index in [-0.39, 0.29) is 35.6 Å². The van der Waals surface area contributed by atoms with Crippen molar-refractivity contribution in [2.45, 2.75) is 58.0 Å². The normalized spacial score (nSPS) is 13.9. The zero-order valence-corrected chi connectivity index (χ0v) is 16.2. The van der Waals surface area contributed by atoms with Crippen molar-refractivity contribution in [1.82, 2.24) is 5.32 Å². The molecule has 0 aliphatic rings. The minimum Gasteiger partial charge on any atom is -0.409 e. The van der Waals surface area contributed by atoms with Gasteiger partial charge >= 0.3 is 29.6 Å². The van der Waals surface area contributed by atoms with E-state index in [1.54, 1.807) is 0 Å². The molecule has 0 saturated heterocycles. The van der Waals surface area contributed by atoms with Crippen LogP contribution in [0.15, 0.2) is 48.7 Å². The fourth-order valence-corrected chi connectivity index (χ4v) is 1.65. The summed E-state index contributed by atoms with van der Waals surface area (Å²) >= 11 is 0. The Labute approximate surface area is 153 Å².